The molecule has 2 aromatic rings. The number of sulfone groups is 1. The Kier molecular flexibility index (Phi) is 4.64. The van der Waals surface area contributed by atoms with E-state index >= 15 is 0 Å². The first kappa shape index (κ1) is 18.3. The van der Waals surface area contributed by atoms with E-state index in [0.29, 0.717) is 11.6 Å². The average molecular weight is 405 g/mol. The minimum atomic E-state index is -3.18. The number of fused-ring (bicyclic) bond motifs is 1. The van der Waals surface area contributed by atoms with Crippen LogP contribution in [0.25, 0.3) is 0 Å². The summed E-state index contributed by atoms with van der Waals surface area (Å²) in [5.41, 5.74) is 2.82. The number of benzene rings is 2. The molecule has 2 heterocycles. The van der Waals surface area contributed by atoms with E-state index in [1.54, 1.807) is 15.9 Å². The van der Waals surface area contributed by atoms with Crippen LogP contribution < -0.4 is 4.90 Å². The number of rotatable bonds is 4. The summed E-state index contributed by atoms with van der Waals surface area (Å²) >= 11 is 6.07. The van der Waals surface area contributed by atoms with Gasteiger partial charge < -0.3 is 4.90 Å². The smallest absolute Gasteiger partial charge is 0.314 e. The molecule has 0 saturated carbocycles. The molecule has 27 heavy (non-hydrogen) atoms. The van der Waals surface area contributed by atoms with Crippen molar-refractivity contribution in [3.8, 4) is 0 Å². The monoisotopic (exact) mass is 404 g/mol. The maximum absolute atomic E-state index is 13.2. The van der Waals surface area contributed by atoms with Crippen LogP contribution in [0.5, 0.6) is 0 Å². The summed E-state index contributed by atoms with van der Waals surface area (Å²) < 4.78 is 24.6. The van der Waals surface area contributed by atoms with Crippen LogP contribution in [0.4, 0.5) is 10.5 Å². The highest BCUT2D eigenvalue weighted by molar-refractivity contribution is 7.91. The van der Waals surface area contributed by atoms with Gasteiger partial charge in [0.25, 0.3) is 0 Å². The van der Waals surface area contributed by atoms with Gasteiger partial charge in [0.2, 0.25) is 0 Å². The van der Waals surface area contributed by atoms with Crippen LogP contribution in [0, 0.1) is 0 Å². The van der Waals surface area contributed by atoms with Gasteiger partial charge in [0, 0.05) is 17.3 Å². The third-order valence-electron chi connectivity index (χ3n) is 5.34. The standard InChI is InChI=1S/C20H21ClN2O3S/c1-2-14-6-8-17(9-7-14)23-19-13-27(25,26)12-18(19)22(20(23)24)11-15-4-3-5-16(21)10-15/h3-10,18-19H,2,11-13H2,1H3/t18-,19-/m0/s1. The molecule has 142 valence electrons. The third kappa shape index (κ3) is 3.44. The average Bonchev–Trinajstić information content (AvgIpc) is 3.06. The molecule has 5 nitrogen and oxygen atoms in total. The molecular weight excluding hydrogens is 384 g/mol. The summed E-state index contributed by atoms with van der Waals surface area (Å²) in [6.45, 7) is 2.42. The number of halogens is 1. The van der Waals surface area contributed by atoms with Crippen molar-refractivity contribution >= 4 is 33.2 Å². The highest BCUT2D eigenvalue weighted by atomic mass is 35.5. The molecular formula is C20H21ClN2O3S. The second-order valence-electron chi connectivity index (χ2n) is 7.14. The van der Waals surface area contributed by atoms with Crippen molar-refractivity contribution in [2.75, 3.05) is 16.4 Å². The van der Waals surface area contributed by atoms with Crippen LogP contribution in [-0.2, 0) is 22.8 Å². The number of anilines is 1. The number of nitrogens with zero attached hydrogens (tertiary/aromatic N) is 2. The summed E-state index contributed by atoms with van der Waals surface area (Å²) in [6, 6.07) is 14.3. The molecule has 2 atom stereocenters. The van der Waals surface area contributed by atoms with Gasteiger partial charge in [-0.3, -0.25) is 4.90 Å². The normalized spacial score (nSPS) is 23.7. The molecule has 2 aliphatic rings. The lowest BCUT2D eigenvalue weighted by Crippen LogP contribution is -2.37. The van der Waals surface area contributed by atoms with Gasteiger partial charge in [-0.15, -0.1) is 0 Å². The SMILES string of the molecule is CCc1ccc(N2C(=O)N(Cc3cccc(Cl)c3)[C@H]3CS(=O)(=O)C[C@@H]32)cc1. The molecule has 0 bridgehead atoms. The van der Waals surface area contributed by atoms with Gasteiger partial charge in [-0.1, -0.05) is 42.8 Å². The second-order valence-corrected chi connectivity index (χ2v) is 9.73. The van der Waals surface area contributed by atoms with Gasteiger partial charge in [-0.2, -0.15) is 0 Å². The molecule has 2 saturated heterocycles. The lowest BCUT2D eigenvalue weighted by Gasteiger charge is -2.23. The number of hydrogen-bond donors (Lipinski definition) is 0. The van der Waals surface area contributed by atoms with E-state index in [2.05, 4.69) is 6.92 Å². The molecule has 0 radical (unpaired) electrons. The van der Waals surface area contributed by atoms with E-state index in [0.717, 1.165) is 17.7 Å². The number of urea groups is 1. The minimum Gasteiger partial charge on any atom is -0.314 e. The van der Waals surface area contributed by atoms with E-state index in [4.69, 9.17) is 11.6 Å². The zero-order valence-electron chi connectivity index (χ0n) is 15.0. The number of aryl methyl sites for hydroxylation is 1. The molecule has 0 aromatic heterocycles. The molecule has 2 amide bonds. The summed E-state index contributed by atoms with van der Waals surface area (Å²) in [5.74, 6) is 0.0124. The van der Waals surface area contributed by atoms with Crippen molar-refractivity contribution in [3.05, 3.63) is 64.7 Å². The fourth-order valence-corrected chi connectivity index (χ4v) is 6.15. The van der Waals surface area contributed by atoms with Crippen molar-refractivity contribution in [2.24, 2.45) is 0 Å². The van der Waals surface area contributed by atoms with Crippen molar-refractivity contribution < 1.29 is 13.2 Å². The molecule has 0 unspecified atom stereocenters. The third-order valence-corrected chi connectivity index (χ3v) is 7.28. The topological polar surface area (TPSA) is 57.7 Å². The van der Waals surface area contributed by atoms with Crippen molar-refractivity contribution in [2.45, 2.75) is 32.0 Å². The Morgan fingerprint density at radius 2 is 1.74 bits per heavy atom. The lowest BCUT2D eigenvalue weighted by molar-refractivity contribution is 0.206. The van der Waals surface area contributed by atoms with Crippen LogP contribution in [0.3, 0.4) is 0 Å². The Balaban J connectivity index is 1.69. The van der Waals surface area contributed by atoms with E-state index in [9.17, 15) is 13.2 Å². The maximum Gasteiger partial charge on any atom is 0.325 e. The molecule has 7 heteroatoms. The quantitative estimate of drug-likeness (QED) is 0.732. The number of carbonyl (C=O) groups is 1. The molecule has 2 aromatic carbocycles. The predicted molar refractivity (Wildman–Crippen MR) is 107 cm³/mol. The van der Waals surface area contributed by atoms with Crippen molar-refractivity contribution in [3.63, 3.8) is 0 Å². The zero-order valence-corrected chi connectivity index (χ0v) is 16.6. The number of hydrogen-bond acceptors (Lipinski definition) is 3. The van der Waals surface area contributed by atoms with E-state index in [1.807, 2.05) is 42.5 Å². The van der Waals surface area contributed by atoms with Crippen molar-refractivity contribution in [1.82, 2.24) is 4.90 Å². The Morgan fingerprint density at radius 3 is 2.41 bits per heavy atom. The van der Waals surface area contributed by atoms with Crippen molar-refractivity contribution in [1.29, 1.82) is 0 Å². The highest BCUT2D eigenvalue weighted by Gasteiger charge is 2.53. The Labute approximate surface area is 164 Å². The minimum absolute atomic E-state index is 0.00494. The summed E-state index contributed by atoms with van der Waals surface area (Å²) in [4.78, 5) is 16.5. The van der Waals surface area contributed by atoms with Crippen LogP contribution >= 0.6 is 11.6 Å². The first-order valence-electron chi connectivity index (χ1n) is 9.01. The first-order valence-corrected chi connectivity index (χ1v) is 11.2. The summed E-state index contributed by atoms with van der Waals surface area (Å²) in [7, 11) is -3.18. The number of carbonyl (C=O) groups excluding carboxylic acids is 1. The second kappa shape index (κ2) is 6.84. The van der Waals surface area contributed by atoms with E-state index in [-0.39, 0.29) is 29.6 Å². The fourth-order valence-electron chi connectivity index (χ4n) is 3.99. The number of amides is 2. The molecule has 4 rings (SSSR count). The van der Waals surface area contributed by atoms with Gasteiger partial charge in [0.1, 0.15) is 0 Å². The Bertz CT molecular complexity index is 975. The van der Waals surface area contributed by atoms with Crippen LogP contribution in [-0.4, -0.2) is 42.9 Å². The maximum atomic E-state index is 13.2. The van der Waals surface area contributed by atoms with Crippen LogP contribution in [0.1, 0.15) is 18.1 Å². The molecule has 2 aliphatic heterocycles. The highest BCUT2D eigenvalue weighted by Crippen LogP contribution is 2.36. The molecule has 0 spiro atoms. The largest absolute Gasteiger partial charge is 0.325 e. The zero-order chi connectivity index (χ0) is 19.2. The molecule has 0 N–H and O–H groups in total. The van der Waals surface area contributed by atoms with Gasteiger partial charge in [-0.25, -0.2) is 13.2 Å². The van der Waals surface area contributed by atoms with Gasteiger partial charge in [0.15, 0.2) is 9.84 Å². The van der Waals surface area contributed by atoms with Crippen LogP contribution in [0.15, 0.2) is 48.5 Å². The fraction of sp³-hybridized carbons (Fsp3) is 0.350. The molecule has 0 aliphatic carbocycles. The summed E-state index contributed by atoms with van der Waals surface area (Å²) in [6.07, 6.45) is 0.912. The lowest BCUT2D eigenvalue weighted by atomic mass is 10.1. The predicted octanol–water partition coefficient (Wildman–Crippen LogP) is 3.51. The summed E-state index contributed by atoms with van der Waals surface area (Å²) in [5, 5.41) is 0.599. The molecule has 2 fully saturated rings. The Hall–Kier alpha value is -2.05. The first-order chi connectivity index (χ1) is 12.9. The van der Waals surface area contributed by atoms with Crippen LogP contribution in [0.2, 0.25) is 5.02 Å². The Morgan fingerprint density at radius 1 is 1.04 bits per heavy atom. The van der Waals surface area contributed by atoms with E-state index in [1.165, 1.54) is 5.56 Å². The van der Waals surface area contributed by atoms with E-state index < -0.39 is 9.84 Å². The van der Waals surface area contributed by atoms with Gasteiger partial charge in [0.05, 0.1) is 23.6 Å². The van der Waals surface area contributed by atoms with Gasteiger partial charge >= 0.3 is 6.03 Å². The van der Waals surface area contributed by atoms with Gasteiger partial charge in [-0.05, 0) is 41.8 Å².